The zero-order chi connectivity index (χ0) is 23.8. The van der Waals surface area contributed by atoms with Gasteiger partial charge in [0.25, 0.3) is 0 Å². The number of nitrogens with zero attached hydrogens (tertiary/aromatic N) is 4. The standard InChI is InChI=1S/C22H20F3N5O2S/c1-29-20(11-4-15-2-7-18(8-3-15)22(23,24)25)21(13-27-29)30-14-17(12-28-30)16-5-9-19(10-6-16)33(26,31)32/h2-3,5-10,12-14H,4,11H2,1H3,(H2,26,31,32). The van der Waals surface area contributed by atoms with Crippen molar-refractivity contribution in [3.8, 4) is 16.8 Å². The molecular weight excluding hydrogens is 455 g/mol. The number of sulfonamides is 1. The van der Waals surface area contributed by atoms with Crippen molar-refractivity contribution in [2.45, 2.75) is 23.9 Å². The molecule has 0 aliphatic rings. The third-order valence-electron chi connectivity index (χ3n) is 5.32. The molecule has 0 unspecified atom stereocenters. The highest BCUT2D eigenvalue weighted by Crippen LogP contribution is 2.29. The van der Waals surface area contributed by atoms with E-state index in [0.29, 0.717) is 12.8 Å². The number of hydrogen-bond acceptors (Lipinski definition) is 4. The molecule has 2 aromatic carbocycles. The molecule has 0 saturated heterocycles. The van der Waals surface area contributed by atoms with Crippen LogP contribution in [0.1, 0.15) is 16.8 Å². The highest BCUT2D eigenvalue weighted by atomic mass is 32.2. The van der Waals surface area contributed by atoms with E-state index in [4.69, 9.17) is 5.14 Å². The zero-order valence-corrected chi connectivity index (χ0v) is 18.3. The summed E-state index contributed by atoms with van der Waals surface area (Å²) in [6.07, 6.45) is 1.85. The van der Waals surface area contributed by atoms with Crippen molar-refractivity contribution in [2.75, 3.05) is 0 Å². The quantitative estimate of drug-likeness (QED) is 0.460. The normalized spacial score (nSPS) is 12.3. The second kappa shape index (κ2) is 8.49. The summed E-state index contributed by atoms with van der Waals surface area (Å²) < 4.78 is 64.5. The van der Waals surface area contributed by atoms with Crippen molar-refractivity contribution in [3.63, 3.8) is 0 Å². The molecule has 0 aliphatic heterocycles. The number of aromatic nitrogens is 4. The lowest BCUT2D eigenvalue weighted by Crippen LogP contribution is -2.11. The summed E-state index contributed by atoms with van der Waals surface area (Å²) >= 11 is 0. The molecule has 0 bridgehead atoms. The Hall–Kier alpha value is -3.44. The van der Waals surface area contributed by atoms with E-state index in [1.807, 2.05) is 0 Å². The van der Waals surface area contributed by atoms with Crippen LogP contribution in [0.4, 0.5) is 13.2 Å². The van der Waals surface area contributed by atoms with Gasteiger partial charge in [-0.2, -0.15) is 23.4 Å². The molecule has 0 aliphatic carbocycles. The topological polar surface area (TPSA) is 95.8 Å². The maximum Gasteiger partial charge on any atom is 0.416 e. The van der Waals surface area contributed by atoms with Crippen LogP contribution in [0.2, 0.25) is 0 Å². The lowest BCUT2D eigenvalue weighted by atomic mass is 10.1. The molecule has 0 amide bonds. The fourth-order valence-corrected chi connectivity index (χ4v) is 4.01. The Kier molecular flexibility index (Phi) is 5.85. The molecule has 0 radical (unpaired) electrons. The van der Waals surface area contributed by atoms with Crippen LogP contribution in [0.25, 0.3) is 16.8 Å². The van der Waals surface area contributed by atoms with Gasteiger partial charge >= 0.3 is 6.18 Å². The molecule has 0 fully saturated rings. The minimum Gasteiger partial charge on any atom is -0.270 e. The van der Waals surface area contributed by atoms with Crippen molar-refractivity contribution in [2.24, 2.45) is 12.2 Å². The SMILES string of the molecule is Cn1ncc(-n2cc(-c3ccc(S(N)(=O)=O)cc3)cn2)c1CCc1ccc(C(F)(F)F)cc1. The van der Waals surface area contributed by atoms with Gasteiger partial charge in [-0.05, 0) is 48.2 Å². The van der Waals surface area contributed by atoms with Gasteiger partial charge in [0.05, 0.1) is 28.5 Å². The molecule has 33 heavy (non-hydrogen) atoms. The Balaban J connectivity index is 1.53. The molecular formula is C22H20F3N5O2S. The molecule has 0 saturated carbocycles. The third kappa shape index (κ3) is 4.99. The van der Waals surface area contributed by atoms with Crippen molar-refractivity contribution < 1.29 is 21.6 Å². The monoisotopic (exact) mass is 475 g/mol. The number of alkyl halides is 3. The Morgan fingerprint density at radius 2 is 1.58 bits per heavy atom. The van der Waals surface area contributed by atoms with E-state index in [2.05, 4.69) is 10.2 Å². The van der Waals surface area contributed by atoms with E-state index in [0.717, 1.165) is 40.2 Å². The zero-order valence-electron chi connectivity index (χ0n) is 17.5. The average Bonchev–Trinajstić information content (AvgIpc) is 3.38. The maximum absolute atomic E-state index is 12.8. The number of nitrogens with two attached hydrogens (primary N) is 1. The van der Waals surface area contributed by atoms with Gasteiger partial charge in [-0.25, -0.2) is 18.2 Å². The fraction of sp³-hybridized carbons (Fsp3) is 0.182. The summed E-state index contributed by atoms with van der Waals surface area (Å²) in [7, 11) is -1.98. The number of rotatable bonds is 6. The lowest BCUT2D eigenvalue weighted by molar-refractivity contribution is -0.137. The number of hydrogen-bond donors (Lipinski definition) is 1. The first kappa shape index (κ1) is 22.7. The van der Waals surface area contributed by atoms with Gasteiger partial charge in [-0.3, -0.25) is 4.68 Å². The van der Waals surface area contributed by atoms with Crippen molar-refractivity contribution >= 4 is 10.0 Å². The highest BCUT2D eigenvalue weighted by molar-refractivity contribution is 7.89. The number of aryl methyl sites for hydroxylation is 2. The second-order valence-corrected chi connectivity index (χ2v) is 9.10. The Labute approximate surface area is 188 Å². The van der Waals surface area contributed by atoms with Crippen molar-refractivity contribution in [1.82, 2.24) is 19.6 Å². The summed E-state index contributed by atoms with van der Waals surface area (Å²) in [6.45, 7) is 0. The van der Waals surface area contributed by atoms with Crippen LogP contribution in [0.5, 0.6) is 0 Å². The van der Waals surface area contributed by atoms with E-state index in [9.17, 15) is 21.6 Å². The summed E-state index contributed by atoms with van der Waals surface area (Å²) in [5.74, 6) is 0. The predicted molar refractivity (Wildman–Crippen MR) is 116 cm³/mol. The smallest absolute Gasteiger partial charge is 0.270 e. The molecule has 2 heterocycles. The van der Waals surface area contributed by atoms with Crippen LogP contribution in [0.15, 0.2) is 72.0 Å². The second-order valence-electron chi connectivity index (χ2n) is 7.54. The van der Waals surface area contributed by atoms with E-state index in [1.54, 1.807) is 47.1 Å². The summed E-state index contributed by atoms with van der Waals surface area (Å²) in [5.41, 5.74) is 3.27. The van der Waals surface area contributed by atoms with Gasteiger partial charge in [0.1, 0.15) is 5.69 Å². The molecule has 11 heteroatoms. The molecule has 7 nitrogen and oxygen atoms in total. The summed E-state index contributed by atoms with van der Waals surface area (Å²) in [4.78, 5) is 0.0245. The highest BCUT2D eigenvalue weighted by Gasteiger charge is 2.29. The van der Waals surface area contributed by atoms with E-state index in [1.165, 1.54) is 24.3 Å². The Morgan fingerprint density at radius 3 is 2.18 bits per heavy atom. The largest absolute Gasteiger partial charge is 0.416 e. The van der Waals surface area contributed by atoms with Crippen LogP contribution >= 0.6 is 0 Å². The van der Waals surface area contributed by atoms with Crippen LogP contribution in [0.3, 0.4) is 0 Å². The molecule has 2 aromatic heterocycles. The van der Waals surface area contributed by atoms with Crippen LogP contribution in [-0.4, -0.2) is 28.0 Å². The van der Waals surface area contributed by atoms with E-state index in [-0.39, 0.29) is 4.90 Å². The molecule has 4 rings (SSSR count). The van der Waals surface area contributed by atoms with Crippen molar-refractivity contribution in [1.29, 1.82) is 0 Å². The van der Waals surface area contributed by atoms with Gasteiger partial charge in [-0.1, -0.05) is 24.3 Å². The minimum absolute atomic E-state index is 0.0245. The third-order valence-corrected chi connectivity index (χ3v) is 6.25. The Morgan fingerprint density at radius 1 is 0.909 bits per heavy atom. The first-order chi connectivity index (χ1) is 15.5. The van der Waals surface area contributed by atoms with E-state index >= 15 is 0 Å². The Bertz CT molecular complexity index is 1370. The van der Waals surface area contributed by atoms with Gasteiger partial charge < -0.3 is 0 Å². The predicted octanol–water partition coefficient (Wildman–Crippen LogP) is 3.72. The van der Waals surface area contributed by atoms with Gasteiger partial charge in [0.15, 0.2) is 0 Å². The lowest BCUT2D eigenvalue weighted by Gasteiger charge is -2.09. The van der Waals surface area contributed by atoms with Crippen LogP contribution in [-0.2, 0) is 36.1 Å². The summed E-state index contributed by atoms with van der Waals surface area (Å²) in [5, 5.41) is 13.8. The van der Waals surface area contributed by atoms with Gasteiger partial charge in [0, 0.05) is 18.8 Å². The molecule has 2 N–H and O–H groups in total. The average molecular weight is 475 g/mol. The molecule has 0 atom stereocenters. The molecule has 172 valence electrons. The van der Waals surface area contributed by atoms with Crippen LogP contribution < -0.4 is 5.14 Å². The number of halogens is 3. The summed E-state index contributed by atoms with van der Waals surface area (Å²) in [6, 6.07) is 11.3. The fourth-order valence-electron chi connectivity index (χ4n) is 3.50. The van der Waals surface area contributed by atoms with Gasteiger partial charge in [-0.15, -0.1) is 0 Å². The first-order valence-electron chi connectivity index (χ1n) is 9.87. The number of primary sulfonamides is 1. The van der Waals surface area contributed by atoms with Crippen molar-refractivity contribution in [3.05, 3.63) is 83.9 Å². The van der Waals surface area contributed by atoms with E-state index < -0.39 is 21.8 Å². The van der Waals surface area contributed by atoms with Gasteiger partial charge in [0.2, 0.25) is 10.0 Å². The first-order valence-corrected chi connectivity index (χ1v) is 11.4. The van der Waals surface area contributed by atoms with Crippen LogP contribution in [0, 0.1) is 0 Å². The number of benzene rings is 2. The maximum atomic E-state index is 12.8. The molecule has 4 aromatic rings. The molecule has 0 spiro atoms. The minimum atomic E-state index is -4.36.